The van der Waals surface area contributed by atoms with Crippen LogP contribution in [0, 0.1) is 5.41 Å². The standard InChI is InChI=1S/C51H102N2O6/c1-4-7-10-13-16-19-22-25-28-31-43-56-46-51(47-57-44-32-29-26-23-20-17-14-11-8-5-2,48-58-45-33-30-27-24-21-18-15-12-9-6-3)49-59-50(55)35-34-36-52-37-39-53(40-38-52)41-42-54/h54H,4-49H2,1-3H3. The Morgan fingerprint density at radius 2 is 0.729 bits per heavy atom. The highest BCUT2D eigenvalue weighted by atomic mass is 16.5. The van der Waals surface area contributed by atoms with E-state index in [0.29, 0.717) is 26.2 Å². The Morgan fingerprint density at radius 3 is 1.05 bits per heavy atom. The predicted octanol–water partition coefficient (Wildman–Crippen LogP) is 12.7. The molecule has 0 saturated carbocycles. The number of rotatable bonds is 47. The molecule has 0 aromatic heterocycles. The summed E-state index contributed by atoms with van der Waals surface area (Å²) < 4.78 is 25.4. The van der Waals surface area contributed by atoms with E-state index < -0.39 is 5.41 Å². The summed E-state index contributed by atoms with van der Waals surface area (Å²) >= 11 is 0. The Kier molecular flexibility index (Phi) is 41.8. The molecule has 8 nitrogen and oxygen atoms in total. The summed E-state index contributed by atoms with van der Waals surface area (Å²) in [6.07, 6.45) is 40.4. The molecule has 0 unspecified atom stereocenters. The van der Waals surface area contributed by atoms with Crippen LogP contribution in [-0.4, -0.2) is 113 Å². The monoisotopic (exact) mass is 839 g/mol. The van der Waals surface area contributed by atoms with Gasteiger partial charge in [-0.15, -0.1) is 0 Å². The summed E-state index contributed by atoms with van der Waals surface area (Å²) in [4.78, 5) is 17.9. The lowest BCUT2D eigenvalue weighted by Gasteiger charge is -2.34. The maximum atomic E-state index is 13.2. The van der Waals surface area contributed by atoms with Crippen molar-refractivity contribution >= 4 is 5.97 Å². The van der Waals surface area contributed by atoms with Gasteiger partial charge in [-0.25, -0.2) is 0 Å². The number of aliphatic hydroxyl groups excluding tert-OH is 1. The smallest absolute Gasteiger partial charge is 0.305 e. The second-order valence-corrected chi connectivity index (χ2v) is 18.4. The number of nitrogens with zero attached hydrogens (tertiary/aromatic N) is 2. The second kappa shape index (κ2) is 43.9. The van der Waals surface area contributed by atoms with E-state index in [-0.39, 0.29) is 19.2 Å². The number of carbonyl (C=O) groups excluding carboxylic acids is 1. The van der Waals surface area contributed by atoms with Gasteiger partial charge >= 0.3 is 5.97 Å². The van der Waals surface area contributed by atoms with Crippen LogP contribution in [0.15, 0.2) is 0 Å². The van der Waals surface area contributed by atoms with Crippen LogP contribution in [-0.2, 0) is 23.7 Å². The van der Waals surface area contributed by atoms with Crippen LogP contribution in [0.2, 0.25) is 0 Å². The normalized spacial score (nSPS) is 14.1. The summed E-state index contributed by atoms with van der Waals surface area (Å²) in [5.74, 6) is -0.132. The number of hydrogen-bond acceptors (Lipinski definition) is 8. The van der Waals surface area contributed by atoms with Crippen LogP contribution >= 0.6 is 0 Å². The first-order chi connectivity index (χ1) is 29.1. The van der Waals surface area contributed by atoms with E-state index >= 15 is 0 Å². The van der Waals surface area contributed by atoms with Crippen molar-refractivity contribution in [3.05, 3.63) is 0 Å². The van der Waals surface area contributed by atoms with E-state index in [2.05, 4.69) is 30.6 Å². The minimum Gasteiger partial charge on any atom is -0.465 e. The summed E-state index contributed by atoms with van der Waals surface area (Å²) in [5, 5.41) is 9.27. The van der Waals surface area contributed by atoms with Crippen molar-refractivity contribution in [2.24, 2.45) is 5.41 Å². The topological polar surface area (TPSA) is 80.7 Å². The van der Waals surface area contributed by atoms with Gasteiger partial charge in [0.15, 0.2) is 0 Å². The zero-order valence-corrected chi connectivity index (χ0v) is 39.9. The fourth-order valence-corrected chi connectivity index (χ4v) is 8.32. The van der Waals surface area contributed by atoms with Gasteiger partial charge in [-0.3, -0.25) is 9.69 Å². The van der Waals surface area contributed by atoms with E-state index in [4.69, 9.17) is 18.9 Å². The Morgan fingerprint density at radius 1 is 0.424 bits per heavy atom. The van der Waals surface area contributed by atoms with Crippen LogP contribution < -0.4 is 0 Å². The van der Waals surface area contributed by atoms with Gasteiger partial charge in [0.1, 0.15) is 6.61 Å². The molecule has 0 aromatic rings. The second-order valence-electron chi connectivity index (χ2n) is 18.4. The molecular formula is C51H102N2O6. The molecular weight excluding hydrogens is 737 g/mol. The third kappa shape index (κ3) is 36.4. The lowest BCUT2D eigenvalue weighted by atomic mass is 9.92. The Bertz CT molecular complexity index is 785. The number of β-amino-alcohol motifs (C(OH)–C–C–N with tert-alkyl or cyclic N) is 1. The zero-order chi connectivity index (χ0) is 42.6. The summed E-state index contributed by atoms with van der Waals surface area (Å²) in [7, 11) is 0. The maximum absolute atomic E-state index is 13.2. The number of hydrogen-bond donors (Lipinski definition) is 1. The summed E-state index contributed by atoms with van der Waals surface area (Å²) in [6.45, 7) is 16.6. The molecule has 1 N–H and O–H groups in total. The third-order valence-electron chi connectivity index (χ3n) is 12.4. The minimum atomic E-state index is -0.506. The molecule has 1 saturated heterocycles. The zero-order valence-electron chi connectivity index (χ0n) is 39.9. The van der Waals surface area contributed by atoms with Gasteiger partial charge in [-0.05, 0) is 32.2 Å². The molecule has 0 spiro atoms. The van der Waals surface area contributed by atoms with Gasteiger partial charge in [0.25, 0.3) is 0 Å². The molecule has 1 heterocycles. The first-order valence-electron chi connectivity index (χ1n) is 26.0. The van der Waals surface area contributed by atoms with Gasteiger partial charge < -0.3 is 29.0 Å². The molecule has 1 aliphatic rings. The maximum Gasteiger partial charge on any atom is 0.305 e. The number of unbranched alkanes of at least 4 members (excludes halogenated alkanes) is 27. The van der Waals surface area contributed by atoms with Crippen LogP contribution in [0.4, 0.5) is 0 Å². The van der Waals surface area contributed by atoms with Crippen molar-refractivity contribution in [2.75, 3.05) is 92.1 Å². The van der Waals surface area contributed by atoms with E-state index in [1.807, 2.05) is 0 Å². The highest BCUT2D eigenvalue weighted by Gasteiger charge is 2.34. The van der Waals surface area contributed by atoms with Crippen LogP contribution in [0.5, 0.6) is 0 Å². The van der Waals surface area contributed by atoms with Crippen molar-refractivity contribution in [3.8, 4) is 0 Å². The number of ether oxygens (including phenoxy) is 4. The van der Waals surface area contributed by atoms with Crippen molar-refractivity contribution in [1.82, 2.24) is 9.80 Å². The lowest BCUT2D eigenvalue weighted by molar-refractivity contribution is -0.156. The lowest BCUT2D eigenvalue weighted by Crippen LogP contribution is -2.47. The summed E-state index contributed by atoms with van der Waals surface area (Å²) in [5.41, 5.74) is -0.506. The molecule has 59 heavy (non-hydrogen) atoms. The van der Waals surface area contributed by atoms with Gasteiger partial charge in [-0.1, -0.05) is 194 Å². The molecule has 0 atom stereocenters. The molecule has 8 heteroatoms. The van der Waals surface area contributed by atoms with Crippen molar-refractivity contribution in [2.45, 2.75) is 226 Å². The number of piperazine rings is 1. The molecule has 1 fully saturated rings. The minimum absolute atomic E-state index is 0.132. The Hall–Kier alpha value is -0.770. The molecule has 1 aliphatic heterocycles. The Labute approximate surface area is 367 Å². The van der Waals surface area contributed by atoms with Crippen molar-refractivity contribution in [1.29, 1.82) is 0 Å². The average molecular weight is 839 g/mol. The number of carbonyl (C=O) groups is 1. The molecule has 0 bridgehead atoms. The van der Waals surface area contributed by atoms with E-state index in [0.717, 1.165) is 84.8 Å². The molecule has 0 radical (unpaired) electrons. The average Bonchev–Trinajstić information content (AvgIpc) is 3.24. The van der Waals surface area contributed by atoms with Crippen LogP contribution in [0.1, 0.15) is 226 Å². The van der Waals surface area contributed by atoms with Crippen molar-refractivity contribution in [3.63, 3.8) is 0 Å². The Balaban J connectivity index is 2.68. The quantitative estimate of drug-likeness (QED) is 0.0479. The largest absolute Gasteiger partial charge is 0.465 e. The van der Waals surface area contributed by atoms with E-state index in [1.54, 1.807) is 0 Å². The molecule has 0 aromatic carbocycles. The number of aliphatic hydroxyl groups is 1. The molecule has 352 valence electrons. The first-order valence-corrected chi connectivity index (χ1v) is 26.0. The highest BCUT2D eigenvalue weighted by Crippen LogP contribution is 2.23. The fourth-order valence-electron chi connectivity index (χ4n) is 8.32. The first kappa shape index (κ1) is 56.2. The molecule has 0 aliphatic carbocycles. The van der Waals surface area contributed by atoms with Gasteiger partial charge in [0.05, 0.1) is 31.8 Å². The predicted molar refractivity (Wildman–Crippen MR) is 251 cm³/mol. The van der Waals surface area contributed by atoms with Gasteiger partial charge in [-0.2, -0.15) is 0 Å². The van der Waals surface area contributed by atoms with Gasteiger partial charge in [0, 0.05) is 59.0 Å². The van der Waals surface area contributed by atoms with E-state index in [9.17, 15) is 9.90 Å². The molecule has 0 amide bonds. The highest BCUT2D eigenvalue weighted by molar-refractivity contribution is 5.69. The van der Waals surface area contributed by atoms with Crippen molar-refractivity contribution < 1.29 is 28.8 Å². The van der Waals surface area contributed by atoms with Crippen LogP contribution in [0.3, 0.4) is 0 Å². The van der Waals surface area contributed by atoms with Gasteiger partial charge in [0.2, 0.25) is 0 Å². The third-order valence-corrected chi connectivity index (χ3v) is 12.4. The summed E-state index contributed by atoms with van der Waals surface area (Å²) in [6, 6.07) is 0. The SMILES string of the molecule is CCCCCCCCCCCCOCC(COCCCCCCCCCCCC)(COCCCCCCCCCCCC)COC(=O)CCCN1CCN(CCO)CC1. The number of esters is 1. The van der Waals surface area contributed by atoms with Crippen LogP contribution in [0.25, 0.3) is 0 Å². The van der Waals surface area contributed by atoms with E-state index in [1.165, 1.54) is 173 Å². The molecule has 1 rings (SSSR count). The fraction of sp³-hybridized carbons (Fsp3) is 0.980.